The summed E-state index contributed by atoms with van der Waals surface area (Å²) >= 11 is 1.52. The molecule has 0 spiro atoms. The quantitative estimate of drug-likeness (QED) is 0.463. The van der Waals surface area contributed by atoms with Gasteiger partial charge in [-0.1, -0.05) is 11.8 Å². The SMILES string of the molecule is CSc1nccc(-c2cn[nH]c2-c2cnc3c(ccn3C)c2)n1. The number of nitrogens with one attached hydrogen (secondary N) is 1. The van der Waals surface area contributed by atoms with E-state index in [2.05, 4.69) is 37.3 Å². The Labute approximate surface area is 137 Å². The fourth-order valence-corrected chi connectivity index (χ4v) is 2.94. The summed E-state index contributed by atoms with van der Waals surface area (Å²) < 4.78 is 2.00. The zero-order chi connectivity index (χ0) is 15.8. The average molecular weight is 322 g/mol. The van der Waals surface area contributed by atoms with Gasteiger partial charge < -0.3 is 4.57 Å². The Morgan fingerprint density at radius 1 is 1.17 bits per heavy atom. The number of hydrogen-bond donors (Lipinski definition) is 1. The van der Waals surface area contributed by atoms with Gasteiger partial charge in [0.1, 0.15) is 5.65 Å². The van der Waals surface area contributed by atoms with Gasteiger partial charge in [-0.3, -0.25) is 5.10 Å². The Kier molecular flexibility index (Phi) is 3.34. The van der Waals surface area contributed by atoms with Gasteiger partial charge in [-0.25, -0.2) is 15.0 Å². The topological polar surface area (TPSA) is 72.3 Å². The minimum absolute atomic E-state index is 0.742. The minimum atomic E-state index is 0.742. The second-order valence-corrected chi connectivity index (χ2v) is 5.92. The molecule has 4 aromatic heterocycles. The van der Waals surface area contributed by atoms with E-state index < -0.39 is 0 Å². The van der Waals surface area contributed by atoms with Gasteiger partial charge in [-0.2, -0.15) is 5.10 Å². The van der Waals surface area contributed by atoms with Crippen LogP contribution in [0.15, 0.2) is 48.1 Å². The molecule has 0 unspecified atom stereocenters. The second kappa shape index (κ2) is 5.51. The van der Waals surface area contributed by atoms with Crippen LogP contribution < -0.4 is 0 Å². The van der Waals surface area contributed by atoms with Crippen LogP contribution in [0.2, 0.25) is 0 Å². The van der Waals surface area contributed by atoms with Crippen LogP contribution in [0.25, 0.3) is 33.5 Å². The fourth-order valence-electron chi connectivity index (χ4n) is 2.58. The third-order valence-corrected chi connectivity index (χ3v) is 4.29. The summed E-state index contributed by atoms with van der Waals surface area (Å²) in [6.45, 7) is 0. The number of H-pyrrole nitrogens is 1. The van der Waals surface area contributed by atoms with Gasteiger partial charge in [0.15, 0.2) is 5.16 Å². The molecule has 0 saturated carbocycles. The number of hydrogen-bond acceptors (Lipinski definition) is 5. The highest BCUT2D eigenvalue weighted by Gasteiger charge is 2.13. The average Bonchev–Trinajstić information content (AvgIpc) is 3.22. The summed E-state index contributed by atoms with van der Waals surface area (Å²) in [6.07, 6.45) is 9.38. The lowest BCUT2D eigenvalue weighted by molar-refractivity contribution is 0.948. The van der Waals surface area contributed by atoms with Crippen molar-refractivity contribution in [3.8, 4) is 22.5 Å². The van der Waals surface area contributed by atoms with Crippen LogP contribution in [0.1, 0.15) is 0 Å². The monoisotopic (exact) mass is 322 g/mol. The lowest BCUT2D eigenvalue weighted by atomic mass is 10.1. The predicted octanol–water partition coefficient (Wildman–Crippen LogP) is 3.14. The zero-order valence-corrected chi connectivity index (χ0v) is 13.5. The van der Waals surface area contributed by atoms with Crippen molar-refractivity contribution >= 4 is 22.8 Å². The Morgan fingerprint density at radius 3 is 2.96 bits per heavy atom. The summed E-state index contributed by atoms with van der Waals surface area (Å²) in [6, 6.07) is 6.05. The molecule has 0 amide bonds. The minimum Gasteiger partial charge on any atom is -0.336 e. The number of aromatic amines is 1. The van der Waals surface area contributed by atoms with E-state index in [1.54, 1.807) is 12.4 Å². The Morgan fingerprint density at radius 2 is 2.09 bits per heavy atom. The van der Waals surface area contributed by atoms with Crippen molar-refractivity contribution in [1.82, 2.24) is 29.7 Å². The van der Waals surface area contributed by atoms with Crippen molar-refractivity contribution in [3.05, 3.63) is 43.0 Å². The molecule has 0 aliphatic rings. The van der Waals surface area contributed by atoms with Gasteiger partial charge in [0, 0.05) is 42.2 Å². The molecule has 114 valence electrons. The molecule has 0 aromatic carbocycles. The highest BCUT2D eigenvalue weighted by atomic mass is 32.2. The van der Waals surface area contributed by atoms with E-state index in [0.29, 0.717) is 0 Å². The van der Waals surface area contributed by atoms with E-state index in [4.69, 9.17) is 0 Å². The van der Waals surface area contributed by atoms with Gasteiger partial charge in [0.25, 0.3) is 0 Å². The third kappa shape index (κ3) is 2.39. The van der Waals surface area contributed by atoms with E-state index in [1.807, 2.05) is 36.3 Å². The molecule has 0 aliphatic heterocycles. The number of rotatable bonds is 3. The highest BCUT2D eigenvalue weighted by Crippen LogP contribution is 2.30. The maximum absolute atomic E-state index is 4.55. The predicted molar refractivity (Wildman–Crippen MR) is 91.1 cm³/mol. The summed E-state index contributed by atoms with van der Waals surface area (Å²) in [4.78, 5) is 13.3. The molecule has 4 heterocycles. The molecular formula is C16H14N6S. The third-order valence-electron chi connectivity index (χ3n) is 3.73. The number of nitrogens with zero attached hydrogens (tertiary/aromatic N) is 5. The van der Waals surface area contributed by atoms with Crippen LogP contribution in [0.3, 0.4) is 0 Å². The molecule has 4 aromatic rings. The molecule has 0 fully saturated rings. The van der Waals surface area contributed by atoms with E-state index >= 15 is 0 Å². The molecule has 0 bridgehead atoms. The summed E-state index contributed by atoms with van der Waals surface area (Å²) in [5.74, 6) is 0. The van der Waals surface area contributed by atoms with Crippen molar-refractivity contribution in [2.45, 2.75) is 5.16 Å². The van der Waals surface area contributed by atoms with Crippen LogP contribution in [0, 0.1) is 0 Å². The first-order valence-electron chi connectivity index (χ1n) is 7.08. The van der Waals surface area contributed by atoms with E-state index in [0.717, 1.165) is 38.7 Å². The second-order valence-electron chi connectivity index (χ2n) is 5.15. The molecule has 23 heavy (non-hydrogen) atoms. The molecule has 0 saturated heterocycles. The molecule has 0 radical (unpaired) electrons. The summed E-state index contributed by atoms with van der Waals surface area (Å²) in [5, 5.41) is 9.09. The first kappa shape index (κ1) is 14.0. The van der Waals surface area contributed by atoms with Crippen LogP contribution in [0.5, 0.6) is 0 Å². The molecular weight excluding hydrogens is 308 g/mol. The lowest BCUT2D eigenvalue weighted by Gasteiger charge is -2.04. The van der Waals surface area contributed by atoms with Crippen molar-refractivity contribution in [2.75, 3.05) is 6.26 Å². The van der Waals surface area contributed by atoms with E-state index in [9.17, 15) is 0 Å². The number of pyridine rings is 1. The summed E-state index contributed by atoms with van der Waals surface area (Å²) in [7, 11) is 1.99. The van der Waals surface area contributed by atoms with Crippen molar-refractivity contribution in [1.29, 1.82) is 0 Å². The Hall–Kier alpha value is -2.67. The highest BCUT2D eigenvalue weighted by molar-refractivity contribution is 7.98. The van der Waals surface area contributed by atoms with Gasteiger partial charge in [-0.15, -0.1) is 0 Å². The fraction of sp³-hybridized carbons (Fsp3) is 0.125. The van der Waals surface area contributed by atoms with Gasteiger partial charge in [0.2, 0.25) is 0 Å². The Bertz CT molecular complexity index is 987. The standard InChI is InChI=1S/C16H14N6S/c1-22-6-4-10-7-11(8-18-15(10)22)14-12(9-19-21-14)13-3-5-17-16(20-13)23-2/h3-9H,1-2H3,(H,19,21). The van der Waals surface area contributed by atoms with Crippen molar-refractivity contribution in [3.63, 3.8) is 0 Å². The van der Waals surface area contributed by atoms with Crippen LogP contribution >= 0.6 is 11.8 Å². The van der Waals surface area contributed by atoms with Crippen molar-refractivity contribution in [2.24, 2.45) is 7.05 Å². The van der Waals surface area contributed by atoms with Gasteiger partial charge in [-0.05, 0) is 24.5 Å². The molecule has 0 atom stereocenters. The molecule has 7 heteroatoms. The number of thioether (sulfide) groups is 1. The van der Waals surface area contributed by atoms with Crippen LogP contribution in [-0.2, 0) is 7.05 Å². The van der Waals surface area contributed by atoms with E-state index in [-0.39, 0.29) is 0 Å². The maximum atomic E-state index is 4.55. The lowest BCUT2D eigenvalue weighted by Crippen LogP contribution is -1.91. The first-order valence-corrected chi connectivity index (χ1v) is 8.31. The number of aromatic nitrogens is 6. The number of aryl methyl sites for hydroxylation is 1. The first-order chi connectivity index (χ1) is 11.3. The summed E-state index contributed by atoms with van der Waals surface area (Å²) in [5.41, 5.74) is 4.65. The smallest absolute Gasteiger partial charge is 0.187 e. The van der Waals surface area contributed by atoms with Crippen LogP contribution in [0.4, 0.5) is 0 Å². The number of fused-ring (bicyclic) bond motifs is 1. The normalized spacial score (nSPS) is 11.2. The molecule has 6 nitrogen and oxygen atoms in total. The van der Waals surface area contributed by atoms with Gasteiger partial charge >= 0.3 is 0 Å². The molecule has 1 N–H and O–H groups in total. The van der Waals surface area contributed by atoms with Crippen molar-refractivity contribution < 1.29 is 0 Å². The zero-order valence-electron chi connectivity index (χ0n) is 12.7. The maximum Gasteiger partial charge on any atom is 0.187 e. The van der Waals surface area contributed by atoms with E-state index in [1.165, 1.54) is 11.8 Å². The molecule has 4 rings (SSSR count). The van der Waals surface area contributed by atoms with Crippen LogP contribution in [-0.4, -0.2) is 36.0 Å². The Balaban J connectivity index is 1.84. The molecule has 0 aliphatic carbocycles. The largest absolute Gasteiger partial charge is 0.336 e. The van der Waals surface area contributed by atoms with Gasteiger partial charge in [0.05, 0.1) is 17.6 Å².